The fourth-order valence-electron chi connectivity index (χ4n) is 2.42. The standard InChI is InChI=1S/C14H20N4/c1-10-12(8-15)5-6-14(17-10)18-11(2)13-4-3-7-16-9-13/h5-6,11,13,16H,3-4,7,9H2,1-2H3,(H,17,18). The zero-order valence-corrected chi connectivity index (χ0v) is 11.0. The van der Waals surface area contributed by atoms with Gasteiger partial charge < -0.3 is 10.6 Å². The molecule has 0 spiro atoms. The Morgan fingerprint density at radius 3 is 3.00 bits per heavy atom. The van der Waals surface area contributed by atoms with Gasteiger partial charge in [0.1, 0.15) is 11.9 Å². The second kappa shape index (κ2) is 5.83. The maximum absolute atomic E-state index is 8.88. The monoisotopic (exact) mass is 244 g/mol. The Balaban J connectivity index is 2.00. The Morgan fingerprint density at radius 1 is 1.56 bits per heavy atom. The molecule has 96 valence electrons. The second-order valence-corrected chi connectivity index (χ2v) is 4.98. The normalized spacial score (nSPS) is 21.1. The highest BCUT2D eigenvalue weighted by Gasteiger charge is 2.19. The molecule has 4 nitrogen and oxygen atoms in total. The van der Waals surface area contributed by atoms with Crippen LogP contribution in [0.25, 0.3) is 0 Å². The lowest BCUT2D eigenvalue weighted by atomic mass is 9.93. The van der Waals surface area contributed by atoms with Crippen molar-refractivity contribution in [2.75, 3.05) is 18.4 Å². The number of pyridine rings is 1. The van der Waals surface area contributed by atoms with Crippen molar-refractivity contribution < 1.29 is 0 Å². The van der Waals surface area contributed by atoms with Crippen molar-refractivity contribution in [3.05, 3.63) is 23.4 Å². The number of nitriles is 1. The molecule has 0 radical (unpaired) electrons. The third kappa shape index (κ3) is 2.99. The van der Waals surface area contributed by atoms with Gasteiger partial charge in [-0.2, -0.15) is 5.26 Å². The smallest absolute Gasteiger partial charge is 0.126 e. The van der Waals surface area contributed by atoms with Crippen LogP contribution in [0.4, 0.5) is 5.82 Å². The van der Waals surface area contributed by atoms with Gasteiger partial charge in [0.15, 0.2) is 0 Å². The van der Waals surface area contributed by atoms with E-state index in [0.717, 1.165) is 24.6 Å². The minimum absolute atomic E-state index is 0.401. The minimum atomic E-state index is 0.401. The first-order chi connectivity index (χ1) is 8.70. The highest BCUT2D eigenvalue weighted by Crippen LogP contribution is 2.18. The van der Waals surface area contributed by atoms with Crippen LogP contribution in [0.15, 0.2) is 12.1 Å². The van der Waals surface area contributed by atoms with Crippen LogP contribution in [0.5, 0.6) is 0 Å². The van der Waals surface area contributed by atoms with Crippen molar-refractivity contribution in [2.24, 2.45) is 5.92 Å². The lowest BCUT2D eigenvalue weighted by Crippen LogP contribution is -2.38. The van der Waals surface area contributed by atoms with Gasteiger partial charge in [-0.1, -0.05) is 0 Å². The Labute approximate surface area is 108 Å². The van der Waals surface area contributed by atoms with Gasteiger partial charge in [-0.15, -0.1) is 0 Å². The Kier molecular flexibility index (Phi) is 4.16. The third-order valence-corrected chi connectivity index (χ3v) is 3.62. The van der Waals surface area contributed by atoms with E-state index < -0.39 is 0 Å². The SMILES string of the molecule is Cc1nc(NC(C)C2CCCNC2)ccc1C#N. The van der Waals surface area contributed by atoms with Crippen molar-refractivity contribution in [3.8, 4) is 6.07 Å². The largest absolute Gasteiger partial charge is 0.367 e. The summed E-state index contributed by atoms with van der Waals surface area (Å²) in [6, 6.07) is 6.26. The van der Waals surface area contributed by atoms with E-state index in [1.54, 1.807) is 0 Å². The molecule has 0 aromatic carbocycles. The number of hydrogen-bond donors (Lipinski definition) is 2. The molecule has 1 fully saturated rings. The maximum atomic E-state index is 8.88. The van der Waals surface area contributed by atoms with E-state index in [-0.39, 0.29) is 0 Å². The molecule has 18 heavy (non-hydrogen) atoms. The van der Waals surface area contributed by atoms with E-state index in [4.69, 9.17) is 5.26 Å². The average molecular weight is 244 g/mol. The summed E-state index contributed by atoms with van der Waals surface area (Å²) < 4.78 is 0. The molecular weight excluding hydrogens is 224 g/mol. The highest BCUT2D eigenvalue weighted by atomic mass is 15.0. The van der Waals surface area contributed by atoms with Crippen LogP contribution in [0, 0.1) is 24.2 Å². The fraction of sp³-hybridized carbons (Fsp3) is 0.571. The van der Waals surface area contributed by atoms with Gasteiger partial charge in [-0.25, -0.2) is 4.98 Å². The quantitative estimate of drug-likeness (QED) is 0.854. The molecule has 1 aliphatic heterocycles. The van der Waals surface area contributed by atoms with Crippen LogP contribution in [0.3, 0.4) is 0 Å². The summed E-state index contributed by atoms with van der Waals surface area (Å²) in [5.74, 6) is 1.51. The first kappa shape index (κ1) is 12.8. The molecule has 1 saturated heterocycles. The van der Waals surface area contributed by atoms with Crippen molar-refractivity contribution in [2.45, 2.75) is 32.7 Å². The van der Waals surface area contributed by atoms with E-state index in [1.165, 1.54) is 12.8 Å². The number of nitrogens with one attached hydrogen (secondary N) is 2. The van der Waals surface area contributed by atoms with Gasteiger partial charge in [0.25, 0.3) is 0 Å². The molecule has 1 aliphatic rings. The molecule has 0 aliphatic carbocycles. The molecule has 1 aromatic heterocycles. The van der Waals surface area contributed by atoms with E-state index in [1.807, 2.05) is 19.1 Å². The molecule has 1 aromatic rings. The summed E-state index contributed by atoms with van der Waals surface area (Å²) in [6.07, 6.45) is 2.51. The number of piperidine rings is 1. The van der Waals surface area contributed by atoms with Gasteiger partial charge in [0, 0.05) is 6.04 Å². The van der Waals surface area contributed by atoms with Gasteiger partial charge in [0.05, 0.1) is 11.3 Å². The molecular formula is C14H20N4. The topological polar surface area (TPSA) is 60.7 Å². The van der Waals surface area contributed by atoms with E-state index in [0.29, 0.717) is 17.5 Å². The Hall–Kier alpha value is -1.60. The number of aryl methyl sites for hydroxylation is 1. The minimum Gasteiger partial charge on any atom is -0.367 e. The average Bonchev–Trinajstić information content (AvgIpc) is 2.40. The van der Waals surface area contributed by atoms with Crippen molar-refractivity contribution in [3.63, 3.8) is 0 Å². The molecule has 0 bridgehead atoms. The highest BCUT2D eigenvalue weighted by molar-refractivity contribution is 5.43. The van der Waals surface area contributed by atoms with Gasteiger partial charge in [-0.05, 0) is 57.8 Å². The van der Waals surface area contributed by atoms with Crippen LogP contribution in [-0.4, -0.2) is 24.1 Å². The number of nitrogens with zero attached hydrogens (tertiary/aromatic N) is 2. The van der Waals surface area contributed by atoms with Crippen LogP contribution >= 0.6 is 0 Å². The first-order valence-corrected chi connectivity index (χ1v) is 6.55. The van der Waals surface area contributed by atoms with Crippen molar-refractivity contribution in [1.29, 1.82) is 5.26 Å². The van der Waals surface area contributed by atoms with Crippen LogP contribution in [0.1, 0.15) is 31.0 Å². The van der Waals surface area contributed by atoms with Gasteiger partial charge >= 0.3 is 0 Å². The number of hydrogen-bond acceptors (Lipinski definition) is 4. The maximum Gasteiger partial charge on any atom is 0.126 e. The molecule has 2 N–H and O–H groups in total. The van der Waals surface area contributed by atoms with E-state index in [9.17, 15) is 0 Å². The molecule has 2 rings (SSSR count). The summed E-state index contributed by atoms with van der Waals surface area (Å²) in [7, 11) is 0. The van der Waals surface area contributed by atoms with Crippen molar-refractivity contribution in [1.82, 2.24) is 10.3 Å². The fourth-order valence-corrected chi connectivity index (χ4v) is 2.42. The van der Waals surface area contributed by atoms with E-state index >= 15 is 0 Å². The lowest BCUT2D eigenvalue weighted by molar-refractivity contribution is 0.346. The van der Waals surface area contributed by atoms with Gasteiger partial charge in [0.2, 0.25) is 0 Å². The summed E-state index contributed by atoms with van der Waals surface area (Å²) in [5, 5.41) is 15.7. The Bertz CT molecular complexity index is 444. The predicted octanol–water partition coefficient (Wildman–Crippen LogP) is 2.06. The van der Waals surface area contributed by atoms with Crippen LogP contribution in [0.2, 0.25) is 0 Å². The van der Waals surface area contributed by atoms with Gasteiger partial charge in [-0.3, -0.25) is 0 Å². The van der Waals surface area contributed by atoms with E-state index in [2.05, 4.69) is 28.6 Å². The number of anilines is 1. The molecule has 0 amide bonds. The summed E-state index contributed by atoms with van der Waals surface area (Å²) >= 11 is 0. The molecule has 2 unspecified atom stereocenters. The summed E-state index contributed by atoms with van der Waals surface area (Å²) in [4.78, 5) is 4.42. The second-order valence-electron chi connectivity index (χ2n) is 4.98. The predicted molar refractivity (Wildman–Crippen MR) is 72.4 cm³/mol. The zero-order chi connectivity index (χ0) is 13.0. The molecule has 2 heterocycles. The van der Waals surface area contributed by atoms with Crippen LogP contribution in [-0.2, 0) is 0 Å². The molecule has 2 atom stereocenters. The summed E-state index contributed by atoms with van der Waals surface area (Å²) in [5.41, 5.74) is 1.43. The lowest BCUT2D eigenvalue weighted by Gasteiger charge is -2.29. The third-order valence-electron chi connectivity index (χ3n) is 3.62. The van der Waals surface area contributed by atoms with Crippen LogP contribution < -0.4 is 10.6 Å². The summed E-state index contributed by atoms with van der Waals surface area (Å²) in [6.45, 7) is 6.28. The number of rotatable bonds is 3. The Morgan fingerprint density at radius 2 is 2.39 bits per heavy atom. The van der Waals surface area contributed by atoms with Crippen molar-refractivity contribution >= 4 is 5.82 Å². The first-order valence-electron chi connectivity index (χ1n) is 6.55. The number of aromatic nitrogens is 1. The molecule has 4 heteroatoms. The molecule has 0 saturated carbocycles. The zero-order valence-electron chi connectivity index (χ0n) is 11.0.